The average Bonchev–Trinajstić information content (AvgIpc) is 3.89. The van der Waals surface area contributed by atoms with Crippen molar-refractivity contribution in [2.45, 2.75) is 85.5 Å². The van der Waals surface area contributed by atoms with Gasteiger partial charge in [0, 0.05) is 36.1 Å². The molecule has 0 saturated heterocycles. The number of nitrogens with zero attached hydrogens (tertiary/aromatic N) is 3. The van der Waals surface area contributed by atoms with Crippen molar-refractivity contribution in [3.63, 3.8) is 0 Å². The van der Waals surface area contributed by atoms with E-state index in [1.54, 1.807) is 48.5 Å². The van der Waals surface area contributed by atoms with Crippen molar-refractivity contribution >= 4 is 12.1 Å². The van der Waals surface area contributed by atoms with Gasteiger partial charge in [0.05, 0.1) is 38.3 Å². The highest BCUT2D eigenvalue weighted by molar-refractivity contribution is 5.84. The molecule has 0 saturated carbocycles. The number of oxazole rings is 2. The van der Waals surface area contributed by atoms with Crippen LogP contribution in [0, 0.1) is 13.8 Å². The zero-order chi connectivity index (χ0) is 48.0. The van der Waals surface area contributed by atoms with E-state index in [0.29, 0.717) is 48.5 Å². The molecular formula is C54H60N4O9. The molecule has 13 nitrogen and oxygen atoms in total. The lowest BCUT2D eigenvalue weighted by Gasteiger charge is -2.34. The summed E-state index contributed by atoms with van der Waals surface area (Å²) in [5, 5.41) is 13.3. The summed E-state index contributed by atoms with van der Waals surface area (Å²) >= 11 is 0. The quantitative estimate of drug-likeness (QED) is 0.0840. The Kier molecular flexibility index (Phi) is 16.6. The molecule has 0 aliphatic heterocycles. The summed E-state index contributed by atoms with van der Waals surface area (Å²) in [7, 11) is 1.54. The Hall–Kier alpha value is -7.38. The number of amides is 1. The maximum absolute atomic E-state index is 13.1. The van der Waals surface area contributed by atoms with Gasteiger partial charge < -0.3 is 38.2 Å². The maximum Gasteiger partial charge on any atom is 0.416 e. The second-order valence-corrected chi connectivity index (χ2v) is 17.4. The molecule has 0 aliphatic rings. The minimum atomic E-state index is -1.52. The number of carbonyl (C=O) groups is 2. The number of methoxy groups -OCH3 is 1. The lowest BCUT2D eigenvalue weighted by Crippen LogP contribution is -2.53. The summed E-state index contributed by atoms with van der Waals surface area (Å²) in [6.07, 6.45) is 0.507. The first kappa shape index (κ1) is 49.1. The van der Waals surface area contributed by atoms with Gasteiger partial charge in [-0.3, -0.25) is 4.90 Å². The number of aromatic nitrogens is 2. The second-order valence-electron chi connectivity index (χ2n) is 17.4. The highest BCUT2D eigenvalue weighted by Crippen LogP contribution is 2.26. The molecule has 7 aromatic rings. The normalized spacial score (nSPS) is 11.3. The van der Waals surface area contributed by atoms with Gasteiger partial charge in [-0.05, 0) is 132 Å². The number of carbonyl (C=O) groups excluding carboxylic acids is 1. The minimum Gasteiger partial charge on any atom is -0.497 e. The smallest absolute Gasteiger partial charge is 0.416 e. The van der Waals surface area contributed by atoms with Crippen molar-refractivity contribution in [1.82, 2.24) is 20.2 Å². The average molecular weight is 909 g/mol. The summed E-state index contributed by atoms with van der Waals surface area (Å²) in [4.78, 5) is 35.4. The number of aryl methyl sites for hydroxylation is 2. The fourth-order valence-electron chi connectivity index (χ4n) is 6.61. The summed E-state index contributed by atoms with van der Waals surface area (Å²) in [6.45, 7) is 15.1. The Morgan fingerprint density at radius 2 is 1.04 bits per heavy atom. The number of hydrogen-bond acceptors (Lipinski definition) is 11. The highest BCUT2D eigenvalue weighted by atomic mass is 16.6. The van der Waals surface area contributed by atoms with Gasteiger partial charge in [0.25, 0.3) is 0 Å². The van der Waals surface area contributed by atoms with Gasteiger partial charge in [0.15, 0.2) is 0 Å². The van der Waals surface area contributed by atoms with Crippen molar-refractivity contribution in [1.29, 1.82) is 0 Å². The maximum atomic E-state index is 13.1. The van der Waals surface area contributed by atoms with Crippen LogP contribution in [-0.2, 0) is 30.7 Å². The number of rotatable bonds is 18. The monoisotopic (exact) mass is 908 g/mol. The molecule has 0 fully saturated rings. The summed E-state index contributed by atoms with van der Waals surface area (Å²) in [5.41, 5.74) is 4.24. The number of carboxylic acid groups (broad SMARTS) is 1. The van der Waals surface area contributed by atoms with Crippen molar-refractivity contribution in [2.75, 3.05) is 20.3 Å². The number of nitrogens with one attached hydrogen (secondary N) is 1. The Labute approximate surface area is 392 Å². The summed E-state index contributed by atoms with van der Waals surface area (Å²) in [5.74, 6) is 4.09. The van der Waals surface area contributed by atoms with Gasteiger partial charge in [-0.25, -0.2) is 19.6 Å². The Balaban J connectivity index is 0.000000238. The van der Waals surface area contributed by atoms with Crippen molar-refractivity contribution in [3.05, 3.63) is 167 Å². The number of carboxylic acids is 1. The van der Waals surface area contributed by atoms with Crippen LogP contribution in [0.1, 0.15) is 68.7 Å². The molecule has 2 aromatic heterocycles. The predicted molar refractivity (Wildman–Crippen MR) is 258 cm³/mol. The third kappa shape index (κ3) is 14.3. The molecule has 0 spiro atoms. The molecule has 0 atom stereocenters. The highest BCUT2D eigenvalue weighted by Gasteiger charge is 2.39. The molecule has 7 rings (SSSR count). The van der Waals surface area contributed by atoms with E-state index < -0.39 is 17.6 Å². The Morgan fingerprint density at radius 1 is 0.612 bits per heavy atom. The summed E-state index contributed by atoms with van der Waals surface area (Å²) < 4.78 is 34.0. The van der Waals surface area contributed by atoms with E-state index in [1.807, 2.05) is 86.6 Å². The zero-order valence-corrected chi connectivity index (χ0v) is 39.5. The lowest BCUT2D eigenvalue weighted by molar-refractivity contribution is -0.148. The van der Waals surface area contributed by atoms with Crippen LogP contribution in [0.15, 0.2) is 142 Å². The number of benzene rings is 5. The third-order valence-electron chi connectivity index (χ3n) is 10.7. The van der Waals surface area contributed by atoms with Crippen LogP contribution < -0.4 is 24.3 Å². The Morgan fingerprint density at radius 3 is 1.48 bits per heavy atom. The molecule has 0 aliphatic carbocycles. The van der Waals surface area contributed by atoms with E-state index >= 15 is 0 Å². The third-order valence-corrected chi connectivity index (χ3v) is 10.7. The van der Waals surface area contributed by atoms with Crippen molar-refractivity contribution in [2.24, 2.45) is 0 Å². The molecule has 2 N–H and O–H groups in total. The van der Waals surface area contributed by atoms with Crippen molar-refractivity contribution in [3.8, 4) is 45.9 Å². The van der Waals surface area contributed by atoms with Gasteiger partial charge >= 0.3 is 12.1 Å². The van der Waals surface area contributed by atoms with E-state index in [9.17, 15) is 14.7 Å². The number of ether oxygens (including phenoxy) is 4. The summed E-state index contributed by atoms with van der Waals surface area (Å²) in [6, 6.07) is 41.5. The van der Waals surface area contributed by atoms with Gasteiger partial charge in [-0.1, -0.05) is 60.7 Å². The first-order chi connectivity index (χ1) is 32.1. The van der Waals surface area contributed by atoms with Crippen molar-refractivity contribution < 1.29 is 42.5 Å². The van der Waals surface area contributed by atoms with Gasteiger partial charge in [0.1, 0.15) is 40.1 Å². The van der Waals surface area contributed by atoms with E-state index in [2.05, 4.69) is 48.2 Å². The fourth-order valence-corrected chi connectivity index (χ4v) is 6.61. The molecular weight excluding hydrogens is 849 g/mol. The number of aliphatic carboxylic acids is 1. The fraction of sp³-hybridized carbons (Fsp3) is 0.296. The van der Waals surface area contributed by atoms with Crippen LogP contribution in [0.4, 0.5) is 4.79 Å². The molecule has 5 aromatic carbocycles. The van der Waals surface area contributed by atoms with E-state index in [0.717, 1.165) is 52.8 Å². The zero-order valence-electron chi connectivity index (χ0n) is 39.5. The lowest BCUT2D eigenvalue weighted by atomic mass is 10.0. The van der Waals surface area contributed by atoms with Gasteiger partial charge in [-0.2, -0.15) is 0 Å². The minimum absolute atomic E-state index is 0.0228. The predicted octanol–water partition coefficient (Wildman–Crippen LogP) is 11.3. The van der Waals surface area contributed by atoms with Crippen LogP contribution in [0.2, 0.25) is 0 Å². The largest absolute Gasteiger partial charge is 0.497 e. The molecule has 0 unspecified atom stereocenters. The van der Waals surface area contributed by atoms with Crippen LogP contribution in [0.5, 0.6) is 23.0 Å². The van der Waals surface area contributed by atoms with Gasteiger partial charge in [-0.15, -0.1) is 0 Å². The van der Waals surface area contributed by atoms with Crippen LogP contribution in [0.25, 0.3) is 22.9 Å². The van der Waals surface area contributed by atoms with Crippen LogP contribution in [0.3, 0.4) is 0 Å². The molecule has 2 heterocycles. The van der Waals surface area contributed by atoms with Crippen LogP contribution in [-0.4, -0.2) is 63.4 Å². The van der Waals surface area contributed by atoms with E-state index in [4.69, 9.17) is 27.8 Å². The molecule has 350 valence electrons. The molecule has 13 heteroatoms. The second kappa shape index (κ2) is 22.7. The molecule has 0 radical (unpaired) electrons. The first-order valence-electron chi connectivity index (χ1n) is 22.2. The SMILES string of the molecule is COc1ccc(OC(=O)N(Cc2ccc(OCCc3nc(-c4ccccc4)oc3C)cc2)C(C)(C)C(=O)O)cc1.Cc1oc(-c2ccccc2)nc1CCOc1ccc(CNC(C)(C)C)cc1. The Bertz CT molecular complexity index is 2640. The molecule has 1 amide bonds. The standard InChI is InChI=1S/C31H32N2O7.C23H28N2O2/c1-21-27(32-28(39-21)23-8-6-5-7-9-23)18-19-38-25-12-10-22(11-13-25)20-33(31(2,3)29(34)35)30(36)40-26-16-14-24(37-4)15-17-26;1-17-21(25-22(27-17)19-8-6-5-7-9-19)14-15-26-20-12-10-18(11-13-20)16-24-23(2,3)4/h5-17H,18-20H2,1-4H3,(H,34,35);5-13,24H,14-16H2,1-4H3. The van der Waals surface area contributed by atoms with E-state index in [-0.39, 0.29) is 17.8 Å². The number of hydrogen-bond donors (Lipinski definition) is 2. The molecule has 0 bridgehead atoms. The first-order valence-corrected chi connectivity index (χ1v) is 22.2. The van der Waals surface area contributed by atoms with E-state index in [1.165, 1.54) is 31.4 Å². The van der Waals surface area contributed by atoms with Crippen LogP contribution >= 0.6 is 0 Å². The topological polar surface area (TPSA) is 159 Å². The van der Waals surface area contributed by atoms with Gasteiger partial charge in [0.2, 0.25) is 11.8 Å². The molecule has 67 heavy (non-hydrogen) atoms.